The second-order valence-corrected chi connectivity index (χ2v) is 9.28. The van der Waals surface area contributed by atoms with E-state index in [9.17, 15) is 14.4 Å². The molecule has 3 rings (SSSR count). The lowest BCUT2D eigenvalue weighted by Gasteiger charge is -2.14. The number of carbonyl (C=O) groups excluding carboxylic acids is 3. The summed E-state index contributed by atoms with van der Waals surface area (Å²) in [5, 5.41) is 14.6. The summed E-state index contributed by atoms with van der Waals surface area (Å²) in [7, 11) is 1.79. The maximum atomic E-state index is 12.5. The van der Waals surface area contributed by atoms with E-state index >= 15 is 0 Å². The molecule has 0 aliphatic heterocycles. The largest absolute Gasteiger partial charge is 0.459 e. The van der Waals surface area contributed by atoms with Gasteiger partial charge in [0.05, 0.1) is 23.5 Å². The molecule has 2 aromatic carbocycles. The first-order valence-electron chi connectivity index (χ1n) is 11.1. The molecule has 3 aromatic rings. The molecule has 0 bridgehead atoms. The number of aromatic nitrogens is 3. The maximum Gasteiger partial charge on any atom is 0.338 e. The topological polar surface area (TPSA) is 115 Å². The fraction of sp³-hybridized carbons (Fsp3) is 0.320. The Morgan fingerprint density at radius 3 is 2.43 bits per heavy atom. The van der Waals surface area contributed by atoms with Gasteiger partial charge in [0.1, 0.15) is 0 Å². The molecule has 0 radical (unpaired) electrons. The Labute approximate surface area is 208 Å². The van der Waals surface area contributed by atoms with Crippen LogP contribution in [0.15, 0.2) is 53.7 Å². The number of amides is 2. The number of rotatable bonds is 9. The highest BCUT2D eigenvalue weighted by atomic mass is 32.2. The Morgan fingerprint density at radius 1 is 1.03 bits per heavy atom. The predicted molar refractivity (Wildman–Crippen MR) is 134 cm³/mol. The van der Waals surface area contributed by atoms with E-state index in [2.05, 4.69) is 20.8 Å². The molecular weight excluding hydrogens is 466 g/mol. The number of nitrogens with one attached hydrogen (secondary N) is 2. The highest BCUT2D eigenvalue weighted by Gasteiger charge is 2.19. The van der Waals surface area contributed by atoms with E-state index < -0.39 is 5.97 Å². The molecule has 0 fully saturated rings. The van der Waals surface area contributed by atoms with Crippen molar-refractivity contribution >= 4 is 35.2 Å². The molecule has 184 valence electrons. The lowest BCUT2D eigenvalue weighted by Crippen LogP contribution is -2.28. The molecule has 2 N–H and O–H groups in total. The fourth-order valence-corrected chi connectivity index (χ4v) is 3.93. The minimum atomic E-state index is -0.444. The number of carbonyl (C=O) groups is 3. The summed E-state index contributed by atoms with van der Waals surface area (Å²) < 4.78 is 6.94. The van der Waals surface area contributed by atoms with Crippen molar-refractivity contribution < 1.29 is 19.1 Å². The van der Waals surface area contributed by atoms with Gasteiger partial charge in [-0.15, -0.1) is 10.2 Å². The Bertz CT molecular complexity index is 1210. The van der Waals surface area contributed by atoms with Gasteiger partial charge in [0.25, 0.3) is 5.91 Å². The molecule has 10 heteroatoms. The van der Waals surface area contributed by atoms with Crippen LogP contribution < -0.4 is 10.6 Å². The zero-order valence-electron chi connectivity index (χ0n) is 20.4. The Kier molecular flexibility index (Phi) is 8.64. The van der Waals surface area contributed by atoms with Crippen molar-refractivity contribution in [3.63, 3.8) is 0 Å². The van der Waals surface area contributed by atoms with Crippen molar-refractivity contribution in [2.75, 3.05) is 11.1 Å². The number of thioether (sulfide) groups is 1. The molecular formula is C25H29N5O4S. The molecule has 1 atom stereocenters. The van der Waals surface area contributed by atoms with Gasteiger partial charge in [0.15, 0.2) is 11.0 Å². The van der Waals surface area contributed by atoms with E-state index in [-0.39, 0.29) is 29.7 Å². The van der Waals surface area contributed by atoms with Gasteiger partial charge in [0, 0.05) is 18.3 Å². The molecule has 35 heavy (non-hydrogen) atoms. The number of nitrogens with zero attached hydrogens (tertiary/aromatic N) is 3. The summed E-state index contributed by atoms with van der Waals surface area (Å²) in [5.74, 6) is -0.231. The van der Waals surface area contributed by atoms with Crippen LogP contribution in [0.2, 0.25) is 0 Å². The average molecular weight is 496 g/mol. The van der Waals surface area contributed by atoms with Crippen LogP contribution in [-0.2, 0) is 16.6 Å². The number of hydrogen-bond donors (Lipinski definition) is 2. The summed E-state index contributed by atoms with van der Waals surface area (Å²) in [6.45, 7) is 7.34. The minimum absolute atomic E-state index is 0.0940. The highest BCUT2D eigenvalue weighted by molar-refractivity contribution is 7.99. The van der Waals surface area contributed by atoms with Gasteiger partial charge in [-0.05, 0) is 58.0 Å². The van der Waals surface area contributed by atoms with Gasteiger partial charge in [-0.3, -0.25) is 9.59 Å². The predicted octanol–water partition coefficient (Wildman–Crippen LogP) is 3.91. The quantitative estimate of drug-likeness (QED) is 0.342. The molecule has 2 amide bonds. The number of anilines is 1. The van der Waals surface area contributed by atoms with Gasteiger partial charge >= 0.3 is 5.97 Å². The van der Waals surface area contributed by atoms with Crippen molar-refractivity contribution in [1.29, 1.82) is 0 Å². The van der Waals surface area contributed by atoms with E-state index in [0.29, 0.717) is 27.8 Å². The monoisotopic (exact) mass is 495 g/mol. The summed E-state index contributed by atoms with van der Waals surface area (Å²) in [6.07, 6.45) is -0.230. The van der Waals surface area contributed by atoms with Gasteiger partial charge in [-0.1, -0.05) is 35.5 Å². The summed E-state index contributed by atoms with van der Waals surface area (Å²) in [5.41, 5.74) is 2.51. The zero-order valence-corrected chi connectivity index (χ0v) is 21.2. The van der Waals surface area contributed by atoms with Gasteiger partial charge in [-0.25, -0.2) is 4.79 Å². The summed E-state index contributed by atoms with van der Waals surface area (Å²) in [4.78, 5) is 37.0. The lowest BCUT2D eigenvalue weighted by molar-refractivity contribution is -0.113. The third-order valence-corrected chi connectivity index (χ3v) is 5.99. The molecule has 1 aromatic heterocycles. The molecule has 0 saturated heterocycles. The summed E-state index contributed by atoms with van der Waals surface area (Å²) in [6, 6.07) is 13.5. The number of aryl methyl sites for hydroxylation is 1. The normalized spacial score (nSPS) is 11.7. The highest BCUT2D eigenvalue weighted by Crippen LogP contribution is 2.20. The molecule has 0 aliphatic rings. The molecule has 0 aliphatic carbocycles. The first-order chi connectivity index (χ1) is 16.6. The van der Waals surface area contributed by atoms with Crippen molar-refractivity contribution in [1.82, 2.24) is 20.1 Å². The van der Waals surface area contributed by atoms with E-state index in [1.165, 1.54) is 11.8 Å². The van der Waals surface area contributed by atoms with Crippen molar-refractivity contribution in [2.24, 2.45) is 7.05 Å². The SMILES string of the molecule is Cc1ccc(C(=O)N[C@@H](C)c2nnc(SCC(=O)Nc3cccc(C(=O)OC(C)C)c3)n2C)cc1. The first kappa shape index (κ1) is 26.0. The van der Waals surface area contributed by atoms with Crippen LogP contribution in [0.1, 0.15) is 58.9 Å². The smallest absolute Gasteiger partial charge is 0.338 e. The second-order valence-electron chi connectivity index (χ2n) is 8.33. The molecule has 1 heterocycles. The van der Waals surface area contributed by atoms with Crippen LogP contribution in [0.25, 0.3) is 0 Å². The number of benzene rings is 2. The zero-order chi connectivity index (χ0) is 25.5. The van der Waals surface area contributed by atoms with Crippen molar-refractivity contribution in [3.8, 4) is 0 Å². The Balaban J connectivity index is 1.56. The van der Waals surface area contributed by atoms with Gasteiger partial charge in [-0.2, -0.15) is 0 Å². The fourth-order valence-electron chi connectivity index (χ4n) is 3.21. The van der Waals surface area contributed by atoms with Gasteiger partial charge in [0.2, 0.25) is 5.91 Å². The number of esters is 1. The van der Waals surface area contributed by atoms with E-state index in [1.54, 1.807) is 61.9 Å². The lowest BCUT2D eigenvalue weighted by atomic mass is 10.1. The van der Waals surface area contributed by atoms with Crippen LogP contribution in [0, 0.1) is 6.92 Å². The minimum Gasteiger partial charge on any atom is -0.459 e. The molecule has 0 spiro atoms. The Morgan fingerprint density at radius 2 is 1.74 bits per heavy atom. The third-order valence-electron chi connectivity index (χ3n) is 4.97. The van der Waals surface area contributed by atoms with E-state index in [0.717, 1.165) is 5.56 Å². The maximum absolute atomic E-state index is 12.5. The Hall–Kier alpha value is -3.66. The van der Waals surface area contributed by atoms with Crippen molar-refractivity contribution in [2.45, 2.75) is 45.0 Å². The third kappa shape index (κ3) is 7.16. The first-order valence-corrected chi connectivity index (χ1v) is 12.1. The molecule has 9 nitrogen and oxygen atoms in total. The average Bonchev–Trinajstić information content (AvgIpc) is 3.18. The standard InChI is InChI=1S/C25H29N5O4S/c1-15(2)34-24(33)19-7-6-8-20(13-19)27-21(31)14-35-25-29-28-22(30(25)5)17(4)26-23(32)18-11-9-16(3)10-12-18/h6-13,15,17H,14H2,1-5H3,(H,26,32)(H,27,31)/t17-/m0/s1. The number of hydrogen-bond acceptors (Lipinski definition) is 7. The van der Waals surface area contributed by atoms with E-state index in [1.807, 2.05) is 26.0 Å². The van der Waals surface area contributed by atoms with Crippen LogP contribution in [0.5, 0.6) is 0 Å². The van der Waals surface area contributed by atoms with Crippen LogP contribution in [0.4, 0.5) is 5.69 Å². The van der Waals surface area contributed by atoms with Gasteiger partial charge < -0.3 is 19.9 Å². The van der Waals surface area contributed by atoms with Crippen LogP contribution >= 0.6 is 11.8 Å². The number of ether oxygens (including phenoxy) is 1. The summed E-state index contributed by atoms with van der Waals surface area (Å²) >= 11 is 1.22. The van der Waals surface area contributed by atoms with Crippen LogP contribution in [0.3, 0.4) is 0 Å². The van der Waals surface area contributed by atoms with E-state index in [4.69, 9.17) is 4.74 Å². The van der Waals surface area contributed by atoms with Crippen LogP contribution in [-0.4, -0.2) is 44.4 Å². The second kappa shape index (κ2) is 11.7. The molecule has 0 unspecified atom stereocenters. The van der Waals surface area contributed by atoms with Crippen molar-refractivity contribution in [3.05, 3.63) is 71.0 Å². The molecule has 0 saturated carbocycles.